The fourth-order valence-electron chi connectivity index (χ4n) is 2.27. The van der Waals surface area contributed by atoms with Crippen LogP contribution in [0.4, 0.5) is 0 Å². The molecule has 0 atom stereocenters. The van der Waals surface area contributed by atoms with Crippen molar-refractivity contribution in [3.05, 3.63) is 51.5 Å². The quantitative estimate of drug-likeness (QED) is 0.681. The topological polar surface area (TPSA) is 68.8 Å². The van der Waals surface area contributed by atoms with Gasteiger partial charge in [-0.2, -0.15) is 0 Å². The first-order valence-electron chi connectivity index (χ1n) is 7.72. The van der Waals surface area contributed by atoms with Crippen molar-refractivity contribution in [2.75, 3.05) is 21.3 Å². The fourth-order valence-corrected chi connectivity index (χ4v) is 2.91. The number of carbonyl (C=O) groups is 1. The molecular weight excluding hydrogens is 411 g/mol. The van der Waals surface area contributed by atoms with Crippen molar-refractivity contribution in [2.24, 2.45) is 0 Å². The molecule has 6 nitrogen and oxygen atoms in total. The summed E-state index contributed by atoms with van der Waals surface area (Å²) in [6, 6.07) is 8.21. The van der Waals surface area contributed by atoms with E-state index in [9.17, 15) is 4.79 Å². The van der Waals surface area contributed by atoms with Crippen molar-refractivity contribution in [3.8, 4) is 17.2 Å². The highest BCUT2D eigenvalue weighted by Crippen LogP contribution is 2.38. The van der Waals surface area contributed by atoms with Gasteiger partial charge in [0.05, 0.1) is 21.3 Å². The van der Waals surface area contributed by atoms with Crippen LogP contribution >= 0.6 is 35.4 Å². The summed E-state index contributed by atoms with van der Waals surface area (Å²) in [6.07, 6.45) is 0. The number of benzene rings is 2. The van der Waals surface area contributed by atoms with Gasteiger partial charge < -0.3 is 19.5 Å². The summed E-state index contributed by atoms with van der Waals surface area (Å²) < 4.78 is 15.7. The zero-order valence-corrected chi connectivity index (χ0v) is 17.2. The highest BCUT2D eigenvalue weighted by atomic mass is 35.5. The van der Waals surface area contributed by atoms with E-state index in [4.69, 9.17) is 49.6 Å². The Hall–Kier alpha value is -2.22. The summed E-state index contributed by atoms with van der Waals surface area (Å²) in [4.78, 5) is 12.5. The molecule has 0 saturated heterocycles. The third kappa shape index (κ3) is 5.38. The summed E-state index contributed by atoms with van der Waals surface area (Å²) in [7, 11) is 4.43. The third-order valence-corrected chi connectivity index (χ3v) is 4.44. The van der Waals surface area contributed by atoms with Gasteiger partial charge in [-0.25, -0.2) is 0 Å². The van der Waals surface area contributed by atoms with Gasteiger partial charge in [-0.15, -0.1) is 0 Å². The molecule has 0 aromatic heterocycles. The molecule has 2 aromatic rings. The molecule has 0 bridgehead atoms. The second-order valence-corrected chi connectivity index (χ2v) is 6.54. The lowest BCUT2D eigenvalue weighted by atomic mass is 10.1. The Morgan fingerprint density at radius 1 is 1.04 bits per heavy atom. The first kappa shape index (κ1) is 21.1. The van der Waals surface area contributed by atoms with Crippen LogP contribution in [-0.4, -0.2) is 32.3 Å². The number of nitrogens with one attached hydrogen (secondary N) is 2. The van der Waals surface area contributed by atoms with Crippen LogP contribution in [0, 0.1) is 0 Å². The SMILES string of the molecule is COc1cc(C(=O)NC(=S)NCc2ccc(Cl)cc2Cl)cc(OC)c1OC. The maximum Gasteiger partial charge on any atom is 0.257 e. The van der Waals surface area contributed by atoms with Crippen LogP contribution in [0.3, 0.4) is 0 Å². The van der Waals surface area contributed by atoms with Gasteiger partial charge in [0.2, 0.25) is 5.75 Å². The normalized spacial score (nSPS) is 10.1. The summed E-state index contributed by atoms with van der Waals surface area (Å²) in [5.41, 5.74) is 1.10. The molecule has 9 heteroatoms. The van der Waals surface area contributed by atoms with E-state index in [0.29, 0.717) is 39.4 Å². The molecule has 2 rings (SSSR count). The first-order chi connectivity index (χ1) is 12.9. The second-order valence-electron chi connectivity index (χ2n) is 5.29. The van der Waals surface area contributed by atoms with E-state index in [1.165, 1.54) is 33.5 Å². The molecule has 0 aliphatic heterocycles. The molecule has 0 spiro atoms. The summed E-state index contributed by atoms with van der Waals surface area (Å²) in [5.74, 6) is 0.714. The van der Waals surface area contributed by atoms with Crippen LogP contribution < -0.4 is 24.8 Å². The molecule has 2 aromatic carbocycles. The summed E-state index contributed by atoms with van der Waals surface area (Å²) >= 11 is 17.2. The minimum Gasteiger partial charge on any atom is -0.493 e. The molecule has 0 unspecified atom stereocenters. The standard InChI is InChI=1S/C18H18Cl2N2O4S/c1-24-14-6-11(7-15(25-2)16(14)26-3)17(23)22-18(27)21-9-10-4-5-12(19)8-13(10)20/h4-8H,9H2,1-3H3,(H2,21,22,23,27). The monoisotopic (exact) mass is 428 g/mol. The predicted molar refractivity (Wildman–Crippen MR) is 109 cm³/mol. The highest BCUT2D eigenvalue weighted by Gasteiger charge is 2.17. The average Bonchev–Trinajstić information content (AvgIpc) is 2.65. The number of amides is 1. The number of thiocarbonyl (C=S) groups is 1. The van der Waals surface area contributed by atoms with Crippen LogP contribution in [0.1, 0.15) is 15.9 Å². The number of carbonyl (C=O) groups excluding carboxylic acids is 1. The molecule has 0 aliphatic carbocycles. The molecule has 0 radical (unpaired) electrons. The van der Waals surface area contributed by atoms with Gasteiger partial charge in [0.1, 0.15) is 0 Å². The lowest BCUT2D eigenvalue weighted by Crippen LogP contribution is -2.38. The zero-order valence-electron chi connectivity index (χ0n) is 14.9. The highest BCUT2D eigenvalue weighted by molar-refractivity contribution is 7.80. The van der Waals surface area contributed by atoms with Gasteiger partial charge in [-0.05, 0) is 42.0 Å². The number of rotatable bonds is 6. The van der Waals surface area contributed by atoms with Gasteiger partial charge in [-0.1, -0.05) is 29.3 Å². The van der Waals surface area contributed by atoms with Crippen molar-refractivity contribution in [1.29, 1.82) is 0 Å². The minimum atomic E-state index is -0.422. The lowest BCUT2D eigenvalue weighted by Gasteiger charge is -2.15. The van der Waals surface area contributed by atoms with Gasteiger partial charge >= 0.3 is 0 Å². The molecule has 0 saturated carbocycles. The molecule has 0 heterocycles. The van der Waals surface area contributed by atoms with Crippen LogP contribution in [0.15, 0.2) is 30.3 Å². The number of hydrogen-bond acceptors (Lipinski definition) is 5. The summed E-state index contributed by atoms with van der Waals surface area (Å²) in [6.45, 7) is 0.338. The van der Waals surface area contributed by atoms with Crippen molar-refractivity contribution >= 4 is 46.4 Å². The maximum absolute atomic E-state index is 12.5. The van der Waals surface area contributed by atoms with Gasteiger partial charge in [0, 0.05) is 22.2 Å². The molecule has 27 heavy (non-hydrogen) atoms. The minimum absolute atomic E-state index is 0.153. The first-order valence-corrected chi connectivity index (χ1v) is 8.89. The van der Waals surface area contributed by atoms with E-state index >= 15 is 0 Å². The van der Waals surface area contributed by atoms with Crippen molar-refractivity contribution in [3.63, 3.8) is 0 Å². The lowest BCUT2D eigenvalue weighted by molar-refractivity contribution is 0.0976. The molecule has 1 amide bonds. The Labute approximate surface area is 172 Å². The second kappa shape index (κ2) is 9.64. The van der Waals surface area contributed by atoms with Crippen LogP contribution in [0.25, 0.3) is 0 Å². The zero-order chi connectivity index (χ0) is 20.0. The van der Waals surface area contributed by atoms with Gasteiger partial charge in [0.25, 0.3) is 5.91 Å². The Kier molecular flexibility index (Phi) is 7.53. The number of hydrogen-bond donors (Lipinski definition) is 2. The number of halogens is 2. The Bertz CT molecular complexity index is 836. The van der Waals surface area contributed by atoms with Crippen molar-refractivity contribution in [2.45, 2.75) is 6.54 Å². The maximum atomic E-state index is 12.5. The van der Waals surface area contributed by atoms with E-state index in [-0.39, 0.29) is 5.11 Å². The largest absolute Gasteiger partial charge is 0.493 e. The average molecular weight is 429 g/mol. The van der Waals surface area contributed by atoms with Gasteiger partial charge in [0.15, 0.2) is 16.6 Å². The molecule has 2 N–H and O–H groups in total. The van der Waals surface area contributed by atoms with Crippen LogP contribution in [0.5, 0.6) is 17.2 Å². The molecule has 0 aliphatic rings. The summed E-state index contributed by atoms with van der Waals surface area (Å²) in [5, 5.41) is 6.73. The van der Waals surface area contributed by atoms with Crippen molar-refractivity contribution < 1.29 is 19.0 Å². The van der Waals surface area contributed by atoms with E-state index in [1.807, 2.05) is 0 Å². The van der Waals surface area contributed by atoms with Gasteiger partial charge in [-0.3, -0.25) is 10.1 Å². The van der Waals surface area contributed by atoms with E-state index in [2.05, 4.69) is 10.6 Å². The molecular formula is C18H18Cl2N2O4S. The third-order valence-electron chi connectivity index (χ3n) is 3.61. The van der Waals surface area contributed by atoms with Crippen LogP contribution in [0.2, 0.25) is 10.0 Å². The molecule has 0 fully saturated rings. The Morgan fingerprint density at radius 2 is 1.67 bits per heavy atom. The smallest absolute Gasteiger partial charge is 0.257 e. The Morgan fingerprint density at radius 3 is 2.19 bits per heavy atom. The Balaban J connectivity index is 2.06. The number of ether oxygens (including phenoxy) is 3. The molecule has 144 valence electrons. The number of methoxy groups -OCH3 is 3. The van der Waals surface area contributed by atoms with E-state index in [1.54, 1.807) is 18.2 Å². The van der Waals surface area contributed by atoms with Crippen LogP contribution in [-0.2, 0) is 6.54 Å². The van der Waals surface area contributed by atoms with Crippen molar-refractivity contribution in [1.82, 2.24) is 10.6 Å². The predicted octanol–water partition coefficient (Wildman–Crippen LogP) is 3.82. The van der Waals surface area contributed by atoms with E-state index in [0.717, 1.165) is 5.56 Å². The van der Waals surface area contributed by atoms with E-state index < -0.39 is 5.91 Å². The fraction of sp³-hybridized carbons (Fsp3) is 0.222.